The molecule has 98 valence electrons. The molecule has 0 N–H and O–H groups in total. The van der Waals surface area contributed by atoms with Crippen molar-refractivity contribution < 1.29 is 23.2 Å². The van der Waals surface area contributed by atoms with E-state index >= 15 is 0 Å². The van der Waals surface area contributed by atoms with E-state index in [1.54, 1.807) is 14.2 Å². The van der Waals surface area contributed by atoms with Crippen LogP contribution in [-0.2, 0) is 23.2 Å². The van der Waals surface area contributed by atoms with Crippen LogP contribution >= 0.6 is 0 Å². The smallest absolute Gasteiger partial charge is 0.317 e. The molecule has 0 aromatic carbocycles. The Hall–Kier alpha value is -0.506. The maximum absolute atomic E-state index is 11.4. The van der Waals surface area contributed by atoms with E-state index in [1.165, 1.54) is 0 Å². The predicted molar refractivity (Wildman–Crippen MR) is 67.6 cm³/mol. The van der Waals surface area contributed by atoms with Crippen LogP contribution in [0.2, 0.25) is 18.3 Å². The van der Waals surface area contributed by atoms with Gasteiger partial charge in [0.1, 0.15) is 0 Å². The van der Waals surface area contributed by atoms with Crippen molar-refractivity contribution in [1.29, 1.82) is 0 Å². The van der Waals surface area contributed by atoms with Crippen molar-refractivity contribution in [2.45, 2.75) is 31.1 Å². The fourth-order valence-electron chi connectivity index (χ4n) is 2.14. The van der Waals surface area contributed by atoms with Gasteiger partial charge in [-0.15, -0.1) is 0 Å². The van der Waals surface area contributed by atoms with Gasteiger partial charge in [0.15, 0.2) is 18.1 Å². The van der Waals surface area contributed by atoms with E-state index in [4.69, 9.17) is 8.85 Å². The number of ether oxygens (including phenoxy) is 1. The monoisotopic (exact) mass is 276 g/mol. The van der Waals surface area contributed by atoms with Gasteiger partial charge in [0, 0.05) is 14.2 Å². The summed E-state index contributed by atoms with van der Waals surface area (Å²) in [6.07, 6.45) is 0.887. The Labute approximate surface area is 105 Å². The molecular formula is C10H20O5Si2. The van der Waals surface area contributed by atoms with E-state index in [2.05, 4.69) is 17.8 Å². The lowest BCUT2D eigenvalue weighted by Gasteiger charge is -2.26. The van der Waals surface area contributed by atoms with Crippen molar-refractivity contribution in [2.75, 3.05) is 14.2 Å². The maximum Gasteiger partial charge on any atom is 0.317 e. The first-order valence-electron chi connectivity index (χ1n) is 5.79. The molecule has 0 aliphatic carbocycles. The molecule has 0 radical (unpaired) electrons. The summed E-state index contributed by atoms with van der Waals surface area (Å²) in [5.41, 5.74) is 0. The van der Waals surface area contributed by atoms with Crippen LogP contribution in [-0.4, -0.2) is 44.2 Å². The van der Waals surface area contributed by atoms with Gasteiger partial charge in [0.25, 0.3) is 0 Å². The lowest BCUT2D eigenvalue weighted by Crippen LogP contribution is -2.34. The molecule has 5 nitrogen and oxygen atoms in total. The van der Waals surface area contributed by atoms with E-state index in [9.17, 15) is 9.59 Å². The molecule has 1 rings (SSSR count). The Balaban J connectivity index is 2.66. The molecule has 0 saturated carbocycles. The highest BCUT2D eigenvalue weighted by Gasteiger charge is 2.38. The fourth-order valence-corrected chi connectivity index (χ4v) is 8.26. The van der Waals surface area contributed by atoms with Crippen molar-refractivity contribution in [3.05, 3.63) is 0 Å². The van der Waals surface area contributed by atoms with Gasteiger partial charge in [-0.2, -0.15) is 0 Å². The Morgan fingerprint density at radius 3 is 2.18 bits per heavy atom. The van der Waals surface area contributed by atoms with Crippen LogP contribution in [0.15, 0.2) is 0 Å². The Morgan fingerprint density at radius 1 is 1.29 bits per heavy atom. The van der Waals surface area contributed by atoms with Crippen LogP contribution in [0.25, 0.3) is 0 Å². The molecule has 0 aromatic heterocycles. The van der Waals surface area contributed by atoms with Crippen molar-refractivity contribution in [3.8, 4) is 0 Å². The topological polar surface area (TPSA) is 61.8 Å². The van der Waals surface area contributed by atoms with Crippen molar-refractivity contribution >= 4 is 30.0 Å². The molecule has 7 heteroatoms. The standard InChI is InChI=1S/C10H20O5Si2/c1-13-16(3)9(17(4)14-2)6-7-5-8(11)15-10(7)12/h7,9,16-17H,5-6H2,1-4H3. The molecule has 1 fully saturated rings. The quantitative estimate of drug-likeness (QED) is 0.399. The van der Waals surface area contributed by atoms with E-state index in [1.807, 2.05) is 0 Å². The molecule has 1 aliphatic rings. The summed E-state index contributed by atoms with van der Waals surface area (Å²) >= 11 is 0. The van der Waals surface area contributed by atoms with Crippen LogP contribution < -0.4 is 0 Å². The van der Waals surface area contributed by atoms with Crippen LogP contribution in [0.4, 0.5) is 0 Å². The predicted octanol–water partition coefficient (Wildman–Crippen LogP) is 0.376. The largest absolute Gasteiger partial charge is 0.423 e. The molecule has 3 atom stereocenters. The summed E-state index contributed by atoms with van der Waals surface area (Å²) in [4.78, 5) is 22.5. The Kier molecular flexibility index (Phi) is 5.51. The van der Waals surface area contributed by atoms with Gasteiger partial charge in [-0.1, -0.05) is 0 Å². The van der Waals surface area contributed by atoms with Crippen molar-refractivity contribution in [1.82, 2.24) is 0 Å². The highest BCUT2D eigenvalue weighted by atomic mass is 28.4. The van der Waals surface area contributed by atoms with Crippen molar-refractivity contribution in [2.24, 2.45) is 5.92 Å². The molecular weight excluding hydrogens is 256 g/mol. The SMILES string of the molecule is CO[SiH](C)C(CC1CC(=O)OC1=O)[SiH](C)OC. The number of hydrogen-bond acceptors (Lipinski definition) is 5. The summed E-state index contributed by atoms with van der Waals surface area (Å²) in [6, 6.07) is 0. The molecule has 3 unspecified atom stereocenters. The second-order valence-corrected chi connectivity index (χ2v) is 10.7. The van der Waals surface area contributed by atoms with Gasteiger partial charge >= 0.3 is 11.9 Å². The molecule has 1 aliphatic heterocycles. The van der Waals surface area contributed by atoms with E-state index in [0.717, 1.165) is 0 Å². The minimum atomic E-state index is -1.36. The van der Waals surface area contributed by atoms with Gasteiger partial charge in [-0.3, -0.25) is 9.59 Å². The number of esters is 2. The zero-order chi connectivity index (χ0) is 13.0. The minimum Gasteiger partial charge on any atom is -0.423 e. The molecule has 0 aromatic rings. The second-order valence-electron chi connectivity index (χ2n) is 4.48. The van der Waals surface area contributed by atoms with E-state index in [0.29, 0.717) is 11.6 Å². The third-order valence-electron chi connectivity index (χ3n) is 3.47. The van der Waals surface area contributed by atoms with Gasteiger partial charge in [0.2, 0.25) is 0 Å². The fraction of sp³-hybridized carbons (Fsp3) is 0.800. The number of carbonyl (C=O) groups is 2. The summed E-state index contributed by atoms with van der Waals surface area (Å²) < 4.78 is 15.5. The second kappa shape index (κ2) is 6.43. The van der Waals surface area contributed by atoms with Gasteiger partial charge in [-0.05, 0) is 24.7 Å². The lowest BCUT2D eigenvalue weighted by molar-refractivity contribution is -0.153. The minimum absolute atomic E-state index is 0.213. The third-order valence-corrected chi connectivity index (χ3v) is 11.2. The summed E-state index contributed by atoms with van der Waals surface area (Å²) in [7, 11) is 0.698. The molecule has 1 saturated heterocycles. The summed E-state index contributed by atoms with van der Waals surface area (Å²) in [5, 5.41) is 0.341. The number of cyclic esters (lactones) is 2. The molecule has 0 spiro atoms. The molecule has 0 amide bonds. The van der Waals surface area contributed by atoms with Gasteiger partial charge in [0.05, 0.1) is 12.3 Å². The van der Waals surface area contributed by atoms with Crippen LogP contribution in [0.3, 0.4) is 0 Å². The maximum atomic E-state index is 11.4. The first kappa shape index (κ1) is 14.6. The first-order chi connectivity index (χ1) is 7.99. The van der Waals surface area contributed by atoms with Crippen LogP contribution in [0.1, 0.15) is 12.8 Å². The summed E-state index contributed by atoms with van der Waals surface area (Å²) in [6.45, 7) is 4.21. The van der Waals surface area contributed by atoms with E-state index < -0.39 is 24.0 Å². The first-order valence-corrected chi connectivity index (χ1v) is 10.4. The van der Waals surface area contributed by atoms with Crippen LogP contribution in [0.5, 0.6) is 0 Å². The average molecular weight is 276 g/mol. The number of carbonyl (C=O) groups excluding carboxylic acids is 2. The Morgan fingerprint density at radius 2 is 1.82 bits per heavy atom. The highest BCUT2D eigenvalue weighted by Crippen LogP contribution is 2.30. The van der Waals surface area contributed by atoms with Gasteiger partial charge < -0.3 is 13.6 Å². The zero-order valence-electron chi connectivity index (χ0n) is 10.8. The highest BCUT2D eigenvalue weighted by molar-refractivity contribution is 6.72. The average Bonchev–Trinajstić information content (AvgIpc) is 2.62. The zero-order valence-corrected chi connectivity index (χ0v) is 13.1. The number of hydrogen-bond donors (Lipinski definition) is 0. The van der Waals surface area contributed by atoms with Gasteiger partial charge in [-0.25, -0.2) is 0 Å². The molecule has 17 heavy (non-hydrogen) atoms. The Bertz CT molecular complexity index is 286. The number of rotatable bonds is 6. The molecule has 0 bridgehead atoms. The van der Waals surface area contributed by atoms with E-state index in [-0.39, 0.29) is 18.3 Å². The summed E-state index contributed by atoms with van der Waals surface area (Å²) in [5.74, 6) is -1.07. The normalized spacial score (nSPS) is 25.5. The third kappa shape index (κ3) is 3.73. The van der Waals surface area contributed by atoms with Crippen LogP contribution in [0, 0.1) is 5.92 Å². The lowest BCUT2D eigenvalue weighted by atomic mass is 10.1. The molecule has 1 heterocycles. The van der Waals surface area contributed by atoms with Crippen molar-refractivity contribution in [3.63, 3.8) is 0 Å².